The highest BCUT2D eigenvalue weighted by Crippen LogP contribution is 2.29. The third-order valence-corrected chi connectivity index (χ3v) is 3.49. The molecule has 0 aliphatic rings. The second kappa shape index (κ2) is 5.50. The molecule has 3 nitrogen and oxygen atoms in total. The average molecular weight is 296 g/mol. The second-order valence-electron chi connectivity index (χ2n) is 3.91. The Morgan fingerprint density at radius 3 is 2.74 bits per heavy atom. The van der Waals surface area contributed by atoms with Crippen LogP contribution in [0.2, 0.25) is 0 Å². The van der Waals surface area contributed by atoms with Crippen molar-refractivity contribution >= 4 is 44.9 Å². The Bertz CT molecular complexity index is 714. The van der Waals surface area contributed by atoms with Crippen molar-refractivity contribution < 1.29 is 4.39 Å². The Morgan fingerprint density at radius 1 is 1.21 bits per heavy atom. The largest absolute Gasteiger partial charge is 0.329 e. The van der Waals surface area contributed by atoms with E-state index < -0.39 is 0 Å². The molecule has 0 atom stereocenters. The van der Waals surface area contributed by atoms with Gasteiger partial charge in [0.25, 0.3) is 0 Å². The quantitative estimate of drug-likeness (QED) is 0.766. The molecule has 0 radical (unpaired) electrons. The van der Waals surface area contributed by atoms with Crippen molar-refractivity contribution in [2.24, 2.45) is 0 Å². The maximum Gasteiger partial charge on any atom is 0.189 e. The summed E-state index contributed by atoms with van der Waals surface area (Å²) in [5.74, 6) is -0.290. The average Bonchev–Trinajstić information content (AvgIpc) is 2.76. The standard InChI is InChI=1S/C13H10FN3S.ClH/c1-8-6-7-15-12-11(8)17-13(18-12)16-10-5-3-2-4-9(10)14;/h2-7H,1H3,(H,16,17);1H. The van der Waals surface area contributed by atoms with E-state index in [4.69, 9.17) is 0 Å². The van der Waals surface area contributed by atoms with Crippen LogP contribution in [-0.2, 0) is 0 Å². The van der Waals surface area contributed by atoms with E-state index in [0.717, 1.165) is 15.9 Å². The molecule has 0 fully saturated rings. The van der Waals surface area contributed by atoms with Gasteiger partial charge in [-0.1, -0.05) is 23.5 Å². The molecule has 2 aromatic heterocycles. The molecule has 0 aliphatic heterocycles. The van der Waals surface area contributed by atoms with Crippen LogP contribution in [0.5, 0.6) is 0 Å². The van der Waals surface area contributed by atoms with Gasteiger partial charge < -0.3 is 5.32 Å². The number of nitrogens with zero attached hydrogens (tertiary/aromatic N) is 2. The number of aryl methyl sites for hydroxylation is 1. The van der Waals surface area contributed by atoms with Gasteiger partial charge in [-0.3, -0.25) is 0 Å². The number of fused-ring (bicyclic) bond motifs is 1. The molecule has 0 saturated heterocycles. The van der Waals surface area contributed by atoms with Crippen molar-refractivity contribution in [3.63, 3.8) is 0 Å². The van der Waals surface area contributed by atoms with E-state index in [2.05, 4.69) is 15.3 Å². The van der Waals surface area contributed by atoms with Crippen LogP contribution in [0.4, 0.5) is 15.2 Å². The number of hydrogen-bond donors (Lipinski definition) is 1. The van der Waals surface area contributed by atoms with Gasteiger partial charge in [-0.05, 0) is 30.7 Å². The highest BCUT2D eigenvalue weighted by molar-refractivity contribution is 7.21. The summed E-state index contributed by atoms with van der Waals surface area (Å²) in [7, 11) is 0. The van der Waals surface area contributed by atoms with E-state index in [9.17, 15) is 4.39 Å². The van der Waals surface area contributed by atoms with Crippen molar-refractivity contribution in [2.45, 2.75) is 6.92 Å². The van der Waals surface area contributed by atoms with E-state index in [1.807, 2.05) is 13.0 Å². The summed E-state index contributed by atoms with van der Waals surface area (Å²) in [6.07, 6.45) is 1.75. The summed E-state index contributed by atoms with van der Waals surface area (Å²) >= 11 is 1.41. The summed E-state index contributed by atoms with van der Waals surface area (Å²) in [4.78, 5) is 9.53. The topological polar surface area (TPSA) is 37.8 Å². The maximum atomic E-state index is 13.5. The van der Waals surface area contributed by atoms with E-state index >= 15 is 0 Å². The third-order valence-electron chi connectivity index (χ3n) is 2.61. The Hall–Kier alpha value is -1.72. The van der Waals surface area contributed by atoms with Crippen molar-refractivity contribution in [3.05, 3.63) is 47.9 Å². The predicted molar refractivity (Wildman–Crippen MR) is 79.1 cm³/mol. The highest BCUT2D eigenvalue weighted by Gasteiger charge is 2.08. The summed E-state index contributed by atoms with van der Waals surface area (Å²) in [6, 6.07) is 8.45. The Labute approximate surface area is 119 Å². The fourth-order valence-electron chi connectivity index (χ4n) is 1.68. The van der Waals surface area contributed by atoms with Crippen LogP contribution >= 0.6 is 23.7 Å². The lowest BCUT2D eigenvalue weighted by Crippen LogP contribution is -1.92. The smallest absolute Gasteiger partial charge is 0.189 e. The van der Waals surface area contributed by atoms with Gasteiger partial charge in [0.2, 0.25) is 0 Å². The van der Waals surface area contributed by atoms with Gasteiger partial charge in [0, 0.05) is 6.20 Å². The molecule has 3 rings (SSSR count). The minimum Gasteiger partial charge on any atom is -0.329 e. The molecule has 2 heterocycles. The molecule has 19 heavy (non-hydrogen) atoms. The lowest BCUT2D eigenvalue weighted by Gasteiger charge is -2.02. The zero-order chi connectivity index (χ0) is 12.5. The van der Waals surface area contributed by atoms with E-state index in [-0.39, 0.29) is 18.2 Å². The number of nitrogens with one attached hydrogen (secondary N) is 1. The van der Waals surface area contributed by atoms with Crippen LogP contribution in [-0.4, -0.2) is 9.97 Å². The lowest BCUT2D eigenvalue weighted by atomic mass is 10.3. The van der Waals surface area contributed by atoms with Gasteiger partial charge in [-0.2, -0.15) is 0 Å². The number of halogens is 2. The number of benzene rings is 1. The molecule has 3 aromatic rings. The number of hydrogen-bond acceptors (Lipinski definition) is 4. The molecule has 0 unspecified atom stereocenters. The molecule has 0 amide bonds. The number of thiazole rings is 1. The van der Waals surface area contributed by atoms with Gasteiger partial charge in [0.1, 0.15) is 16.2 Å². The number of aromatic nitrogens is 2. The van der Waals surface area contributed by atoms with Crippen LogP contribution in [0.3, 0.4) is 0 Å². The predicted octanol–water partition coefficient (Wildman–Crippen LogP) is 4.30. The fourth-order valence-corrected chi connectivity index (χ4v) is 2.58. The SMILES string of the molecule is Cc1ccnc2sc(Nc3ccccc3F)nc12.Cl. The lowest BCUT2D eigenvalue weighted by molar-refractivity contribution is 0.632. The Balaban J connectivity index is 0.00000133. The molecule has 0 saturated carbocycles. The van der Waals surface area contributed by atoms with E-state index in [0.29, 0.717) is 10.8 Å². The minimum absolute atomic E-state index is 0. The monoisotopic (exact) mass is 295 g/mol. The fraction of sp³-hybridized carbons (Fsp3) is 0.0769. The number of anilines is 2. The molecule has 6 heteroatoms. The van der Waals surface area contributed by atoms with Gasteiger partial charge in [-0.25, -0.2) is 14.4 Å². The summed E-state index contributed by atoms with van der Waals surface area (Å²) in [6.45, 7) is 1.98. The molecule has 1 N–H and O–H groups in total. The van der Waals surface area contributed by atoms with Crippen molar-refractivity contribution in [1.82, 2.24) is 9.97 Å². The van der Waals surface area contributed by atoms with Crippen molar-refractivity contribution in [1.29, 1.82) is 0 Å². The van der Waals surface area contributed by atoms with Gasteiger partial charge in [0.05, 0.1) is 5.69 Å². The number of rotatable bonds is 2. The first-order valence-corrected chi connectivity index (χ1v) is 6.29. The first kappa shape index (κ1) is 13.7. The molecular formula is C13H11ClFN3S. The summed E-state index contributed by atoms with van der Waals surface area (Å²) in [5, 5.41) is 3.63. The van der Waals surface area contributed by atoms with Crippen LogP contribution in [0.25, 0.3) is 10.3 Å². The van der Waals surface area contributed by atoms with Gasteiger partial charge in [-0.15, -0.1) is 12.4 Å². The molecule has 0 aliphatic carbocycles. The first-order valence-electron chi connectivity index (χ1n) is 5.48. The zero-order valence-electron chi connectivity index (χ0n) is 10.1. The van der Waals surface area contributed by atoms with E-state index in [1.165, 1.54) is 17.4 Å². The zero-order valence-corrected chi connectivity index (χ0v) is 11.7. The normalized spacial score (nSPS) is 10.2. The minimum atomic E-state index is -0.290. The first-order chi connectivity index (χ1) is 8.74. The Morgan fingerprint density at radius 2 is 2.00 bits per heavy atom. The third kappa shape index (κ3) is 2.67. The van der Waals surface area contributed by atoms with Crippen LogP contribution in [0.1, 0.15) is 5.56 Å². The van der Waals surface area contributed by atoms with E-state index in [1.54, 1.807) is 24.4 Å². The molecule has 98 valence electrons. The number of para-hydroxylation sites is 1. The molecular weight excluding hydrogens is 285 g/mol. The summed E-state index contributed by atoms with van der Waals surface area (Å²) < 4.78 is 13.5. The second-order valence-corrected chi connectivity index (χ2v) is 4.88. The number of pyridine rings is 1. The van der Waals surface area contributed by atoms with Crippen LogP contribution in [0.15, 0.2) is 36.5 Å². The van der Waals surface area contributed by atoms with Gasteiger partial charge in [0.15, 0.2) is 5.13 Å². The summed E-state index contributed by atoms with van der Waals surface area (Å²) in [5.41, 5.74) is 2.35. The molecule has 1 aromatic carbocycles. The molecule has 0 spiro atoms. The Kier molecular flexibility index (Phi) is 3.97. The maximum absolute atomic E-state index is 13.5. The van der Waals surface area contributed by atoms with Crippen LogP contribution < -0.4 is 5.32 Å². The van der Waals surface area contributed by atoms with Gasteiger partial charge >= 0.3 is 0 Å². The van der Waals surface area contributed by atoms with Crippen LogP contribution in [0, 0.1) is 12.7 Å². The van der Waals surface area contributed by atoms with Crippen molar-refractivity contribution in [2.75, 3.05) is 5.32 Å². The van der Waals surface area contributed by atoms with Crippen molar-refractivity contribution in [3.8, 4) is 0 Å². The molecule has 0 bridgehead atoms. The highest BCUT2D eigenvalue weighted by atomic mass is 35.5.